The van der Waals surface area contributed by atoms with E-state index in [-0.39, 0.29) is 6.04 Å². The molecule has 128 valence electrons. The Morgan fingerprint density at radius 3 is 2.87 bits per heavy atom. The molecule has 3 heterocycles. The summed E-state index contributed by atoms with van der Waals surface area (Å²) in [5, 5.41) is 11.2. The number of nitrogens with zero attached hydrogens (tertiary/aromatic N) is 4. The van der Waals surface area contributed by atoms with E-state index in [9.17, 15) is 0 Å². The monoisotopic (exact) mass is 320 g/mol. The zero-order valence-corrected chi connectivity index (χ0v) is 14.5. The molecule has 1 aromatic rings. The first-order chi connectivity index (χ1) is 11.1. The quantitative estimate of drug-likeness (QED) is 0.611. The molecule has 2 saturated heterocycles. The highest BCUT2D eigenvalue weighted by molar-refractivity contribution is 5.80. The first-order valence-corrected chi connectivity index (χ1v) is 8.34. The van der Waals surface area contributed by atoms with Crippen molar-refractivity contribution in [3.8, 4) is 0 Å². The molecule has 2 bridgehead atoms. The largest absolute Gasteiger partial charge is 0.373 e. The van der Waals surface area contributed by atoms with Gasteiger partial charge in [-0.25, -0.2) is 0 Å². The van der Waals surface area contributed by atoms with Crippen LogP contribution in [0.2, 0.25) is 0 Å². The van der Waals surface area contributed by atoms with Crippen molar-refractivity contribution in [2.75, 3.05) is 27.7 Å². The Bertz CT molecular complexity index is 555. The lowest BCUT2D eigenvalue weighted by Crippen LogP contribution is -2.49. The van der Waals surface area contributed by atoms with Crippen LogP contribution in [-0.4, -0.2) is 66.6 Å². The number of aryl methyl sites for hydroxylation is 1. The van der Waals surface area contributed by atoms with E-state index in [1.54, 1.807) is 0 Å². The summed E-state index contributed by atoms with van der Waals surface area (Å²) in [5.41, 5.74) is 1.20. The number of guanidine groups is 1. The summed E-state index contributed by atoms with van der Waals surface area (Å²) in [6.07, 6.45) is 8.24. The maximum Gasteiger partial charge on any atom is 0.191 e. The van der Waals surface area contributed by atoms with E-state index in [1.165, 1.54) is 12.0 Å². The summed E-state index contributed by atoms with van der Waals surface area (Å²) >= 11 is 0. The molecule has 0 aromatic carbocycles. The van der Waals surface area contributed by atoms with Crippen molar-refractivity contribution in [3.05, 3.63) is 18.0 Å². The van der Waals surface area contributed by atoms with Crippen LogP contribution >= 0.6 is 0 Å². The SMILES string of the molecule is CN=C(NCC(c1cnn(C)c1)N(C)C)NC1CC2CCC1O2. The fourth-order valence-corrected chi connectivity index (χ4v) is 3.56. The molecule has 2 aliphatic heterocycles. The molecule has 7 nitrogen and oxygen atoms in total. The molecule has 23 heavy (non-hydrogen) atoms. The van der Waals surface area contributed by atoms with Gasteiger partial charge in [-0.3, -0.25) is 9.67 Å². The van der Waals surface area contributed by atoms with Gasteiger partial charge < -0.3 is 20.3 Å². The van der Waals surface area contributed by atoms with Gasteiger partial charge in [-0.1, -0.05) is 0 Å². The lowest BCUT2D eigenvalue weighted by molar-refractivity contribution is 0.0992. The Balaban J connectivity index is 1.56. The Morgan fingerprint density at radius 2 is 2.35 bits per heavy atom. The van der Waals surface area contributed by atoms with Crippen LogP contribution in [0.15, 0.2) is 17.4 Å². The van der Waals surface area contributed by atoms with Crippen LogP contribution in [0.4, 0.5) is 0 Å². The first kappa shape index (κ1) is 16.3. The van der Waals surface area contributed by atoms with Crippen molar-refractivity contribution in [1.29, 1.82) is 0 Å². The number of aromatic nitrogens is 2. The molecule has 0 amide bonds. The van der Waals surface area contributed by atoms with E-state index < -0.39 is 0 Å². The second kappa shape index (κ2) is 6.88. The molecule has 4 atom stereocenters. The number of aliphatic imine (C=N–C) groups is 1. The van der Waals surface area contributed by atoms with Gasteiger partial charge in [-0.05, 0) is 33.4 Å². The van der Waals surface area contributed by atoms with E-state index in [0.29, 0.717) is 18.2 Å². The minimum Gasteiger partial charge on any atom is -0.373 e. The van der Waals surface area contributed by atoms with E-state index >= 15 is 0 Å². The van der Waals surface area contributed by atoms with E-state index in [1.807, 2.05) is 25.0 Å². The zero-order chi connectivity index (χ0) is 16.4. The molecule has 0 saturated carbocycles. The summed E-state index contributed by atoms with van der Waals surface area (Å²) in [6.45, 7) is 0.778. The molecule has 3 rings (SSSR count). The lowest BCUT2D eigenvalue weighted by Gasteiger charge is -2.27. The first-order valence-electron chi connectivity index (χ1n) is 8.34. The average molecular weight is 320 g/mol. The Hall–Kier alpha value is -1.60. The van der Waals surface area contributed by atoms with Crippen molar-refractivity contribution < 1.29 is 4.74 Å². The predicted molar refractivity (Wildman–Crippen MR) is 90.4 cm³/mol. The number of fused-ring (bicyclic) bond motifs is 2. The minimum absolute atomic E-state index is 0.249. The van der Waals surface area contributed by atoms with Gasteiger partial charge in [0.15, 0.2) is 5.96 Å². The summed E-state index contributed by atoms with van der Waals surface area (Å²) in [4.78, 5) is 6.56. The van der Waals surface area contributed by atoms with Crippen LogP contribution in [0, 0.1) is 0 Å². The molecule has 2 N–H and O–H groups in total. The van der Waals surface area contributed by atoms with E-state index in [0.717, 1.165) is 25.3 Å². The fourth-order valence-electron chi connectivity index (χ4n) is 3.56. The summed E-state index contributed by atoms with van der Waals surface area (Å²) < 4.78 is 7.74. The molecular formula is C16H28N6O. The number of hydrogen-bond acceptors (Lipinski definition) is 4. The van der Waals surface area contributed by atoms with Crippen molar-refractivity contribution >= 4 is 5.96 Å². The Labute approximate surface area is 138 Å². The van der Waals surface area contributed by atoms with E-state index in [2.05, 4.69) is 45.9 Å². The van der Waals surface area contributed by atoms with Gasteiger partial charge in [0.2, 0.25) is 0 Å². The normalized spacial score (nSPS) is 28.4. The van der Waals surface area contributed by atoms with Crippen LogP contribution in [0.5, 0.6) is 0 Å². The Morgan fingerprint density at radius 1 is 1.52 bits per heavy atom. The fraction of sp³-hybridized carbons (Fsp3) is 0.750. The van der Waals surface area contributed by atoms with Gasteiger partial charge in [-0.2, -0.15) is 5.10 Å². The molecule has 0 spiro atoms. The van der Waals surface area contributed by atoms with Gasteiger partial charge in [0.05, 0.1) is 30.5 Å². The van der Waals surface area contributed by atoms with Gasteiger partial charge in [-0.15, -0.1) is 0 Å². The maximum absolute atomic E-state index is 5.90. The molecule has 0 aliphatic carbocycles. The molecule has 4 unspecified atom stereocenters. The third-order valence-electron chi connectivity index (χ3n) is 4.85. The van der Waals surface area contributed by atoms with Crippen LogP contribution in [0.25, 0.3) is 0 Å². The van der Waals surface area contributed by atoms with Crippen molar-refractivity contribution in [1.82, 2.24) is 25.3 Å². The average Bonchev–Trinajstić information content (AvgIpc) is 3.23. The maximum atomic E-state index is 5.90. The highest BCUT2D eigenvalue weighted by Crippen LogP contribution is 2.34. The predicted octanol–water partition coefficient (Wildman–Crippen LogP) is 0.508. The second-order valence-electron chi connectivity index (χ2n) is 6.74. The molecule has 0 radical (unpaired) electrons. The van der Waals surface area contributed by atoms with Crippen LogP contribution in [0.1, 0.15) is 30.9 Å². The lowest BCUT2D eigenvalue weighted by atomic mass is 9.96. The van der Waals surface area contributed by atoms with Gasteiger partial charge in [0, 0.05) is 32.4 Å². The highest BCUT2D eigenvalue weighted by atomic mass is 16.5. The number of hydrogen-bond donors (Lipinski definition) is 2. The summed E-state index contributed by atoms with van der Waals surface area (Å²) in [6, 6.07) is 0.634. The molecule has 2 aliphatic rings. The van der Waals surface area contributed by atoms with Gasteiger partial charge in [0.25, 0.3) is 0 Å². The minimum atomic E-state index is 0.249. The van der Waals surface area contributed by atoms with Crippen LogP contribution in [-0.2, 0) is 11.8 Å². The number of rotatable bonds is 5. The van der Waals surface area contributed by atoms with Crippen molar-refractivity contribution in [2.45, 2.75) is 43.6 Å². The molecule has 2 fully saturated rings. The van der Waals surface area contributed by atoms with Crippen LogP contribution < -0.4 is 10.6 Å². The standard InChI is InChI=1S/C16H28N6O/c1-17-16(20-13-7-12-5-6-15(13)23-12)18-9-14(21(2)3)11-8-19-22(4)10-11/h8,10,12-15H,5-7,9H2,1-4H3,(H2,17,18,20). The van der Waals surface area contributed by atoms with Gasteiger partial charge >= 0.3 is 0 Å². The summed E-state index contributed by atoms with van der Waals surface area (Å²) in [5.74, 6) is 0.849. The van der Waals surface area contributed by atoms with E-state index in [4.69, 9.17) is 4.74 Å². The number of likely N-dealkylation sites (N-methyl/N-ethyl adjacent to an activating group) is 1. The number of nitrogens with one attached hydrogen (secondary N) is 2. The third-order valence-corrected chi connectivity index (χ3v) is 4.85. The van der Waals surface area contributed by atoms with Crippen molar-refractivity contribution in [3.63, 3.8) is 0 Å². The molecule has 1 aromatic heterocycles. The molecule has 7 heteroatoms. The zero-order valence-electron chi connectivity index (χ0n) is 14.5. The smallest absolute Gasteiger partial charge is 0.191 e. The third kappa shape index (κ3) is 3.67. The highest BCUT2D eigenvalue weighted by Gasteiger charge is 2.41. The number of ether oxygens (including phenoxy) is 1. The Kier molecular flexibility index (Phi) is 4.87. The van der Waals surface area contributed by atoms with Crippen LogP contribution in [0.3, 0.4) is 0 Å². The second-order valence-corrected chi connectivity index (χ2v) is 6.74. The topological polar surface area (TPSA) is 66.7 Å². The molecular weight excluding hydrogens is 292 g/mol. The summed E-state index contributed by atoms with van der Waals surface area (Å²) in [7, 11) is 7.93. The van der Waals surface area contributed by atoms with Gasteiger partial charge in [0.1, 0.15) is 0 Å². The van der Waals surface area contributed by atoms with Crippen molar-refractivity contribution in [2.24, 2.45) is 12.0 Å².